The van der Waals surface area contributed by atoms with Crippen LogP contribution in [0.1, 0.15) is 127 Å². The molecule has 2 aromatic rings. The van der Waals surface area contributed by atoms with E-state index in [4.69, 9.17) is 14.5 Å². The molecule has 4 amide bonds. The first-order chi connectivity index (χ1) is 29.5. The van der Waals surface area contributed by atoms with E-state index in [-0.39, 0.29) is 48.4 Å². The van der Waals surface area contributed by atoms with Gasteiger partial charge in [-0.15, -0.1) is 11.3 Å². The third-order valence-electron chi connectivity index (χ3n) is 11.0. The third-order valence-corrected chi connectivity index (χ3v) is 12.0. The second-order valence-corrected chi connectivity index (χ2v) is 17.8. The number of amides is 4. The van der Waals surface area contributed by atoms with Crippen molar-refractivity contribution >= 4 is 41.1 Å². The van der Waals surface area contributed by atoms with E-state index in [2.05, 4.69) is 36.7 Å². The van der Waals surface area contributed by atoms with Gasteiger partial charge < -0.3 is 40.3 Å². The van der Waals surface area contributed by atoms with E-state index >= 15 is 0 Å². The van der Waals surface area contributed by atoms with Crippen molar-refractivity contribution in [3.8, 4) is 5.75 Å². The van der Waals surface area contributed by atoms with E-state index in [0.717, 1.165) is 44.2 Å². The number of likely N-dealkylation sites (N-methyl/N-ethyl adjacent to an activating group) is 3. The number of aliphatic carboxylic acids is 1. The molecule has 0 saturated carbocycles. The molecule has 0 bridgehead atoms. The van der Waals surface area contributed by atoms with Gasteiger partial charge in [0.1, 0.15) is 28.6 Å². The van der Waals surface area contributed by atoms with Gasteiger partial charge in [-0.25, -0.2) is 9.78 Å². The number of unbranched alkanes of at least 4 members (excludes halogenated alkanes) is 1. The summed E-state index contributed by atoms with van der Waals surface area (Å²) in [5.74, 6) is -2.08. The molecule has 62 heavy (non-hydrogen) atoms. The van der Waals surface area contributed by atoms with Crippen molar-refractivity contribution in [2.24, 2.45) is 17.8 Å². The lowest BCUT2D eigenvalue weighted by Crippen LogP contribution is -2.56. The number of carboxylic acid groups (broad SMARTS) is 1. The molecule has 1 heterocycles. The summed E-state index contributed by atoms with van der Waals surface area (Å²) in [5.41, 5.74) is 1.02. The molecule has 0 saturated heterocycles. The number of rotatable bonds is 30. The SMILES string of the molecule is CCCCN(C)CC(=O)N[C@H](C(=O)N(CCC)[C@H](C[C@@H](OCCC)c1nc(C(=O)N[C@@H](Cc2ccc(OC(=O)N(C)CCNC)cc2)C[C@H](C)C(=O)O)cs1)C(C)C)[C@@H](C)CC. The van der Waals surface area contributed by atoms with Gasteiger partial charge in [0.05, 0.1) is 12.5 Å². The molecule has 0 aliphatic rings. The summed E-state index contributed by atoms with van der Waals surface area (Å²) in [5, 5.41) is 21.2. The molecule has 0 fully saturated rings. The fourth-order valence-corrected chi connectivity index (χ4v) is 7.90. The summed E-state index contributed by atoms with van der Waals surface area (Å²) in [4.78, 5) is 76.2. The van der Waals surface area contributed by atoms with Crippen LogP contribution in [0.15, 0.2) is 29.6 Å². The maximum Gasteiger partial charge on any atom is 0.415 e. The highest BCUT2D eigenvalue weighted by atomic mass is 32.1. The number of benzene rings is 1. The second kappa shape index (κ2) is 28.5. The Morgan fingerprint density at radius 1 is 0.887 bits per heavy atom. The minimum absolute atomic E-state index is 0.0391. The zero-order valence-corrected chi connectivity index (χ0v) is 40.1. The molecular weight excluding hydrogens is 811 g/mol. The molecule has 4 N–H and O–H groups in total. The minimum Gasteiger partial charge on any atom is -0.481 e. The largest absolute Gasteiger partial charge is 0.481 e. The number of carboxylic acids is 1. The molecule has 6 atom stereocenters. The Balaban J connectivity index is 2.34. The molecular formula is C46H77N7O8S. The van der Waals surface area contributed by atoms with Crippen molar-refractivity contribution in [2.75, 3.05) is 60.5 Å². The Kier molecular flexibility index (Phi) is 24.9. The van der Waals surface area contributed by atoms with Crippen LogP contribution < -0.4 is 20.7 Å². The molecule has 0 aliphatic heterocycles. The molecule has 16 heteroatoms. The Labute approximate surface area is 375 Å². The molecule has 0 aliphatic carbocycles. The molecule has 15 nitrogen and oxygen atoms in total. The highest BCUT2D eigenvalue weighted by Crippen LogP contribution is 2.32. The number of nitrogens with zero attached hydrogens (tertiary/aromatic N) is 4. The van der Waals surface area contributed by atoms with Crippen molar-refractivity contribution in [2.45, 2.75) is 131 Å². The molecule has 1 aromatic carbocycles. The zero-order valence-electron chi connectivity index (χ0n) is 39.3. The van der Waals surface area contributed by atoms with Crippen LogP contribution in [0.2, 0.25) is 0 Å². The lowest BCUT2D eigenvalue weighted by Gasteiger charge is -2.39. The second-order valence-electron chi connectivity index (χ2n) is 16.9. The predicted octanol–water partition coefficient (Wildman–Crippen LogP) is 6.63. The van der Waals surface area contributed by atoms with Gasteiger partial charge in [-0.1, -0.05) is 80.4 Å². The number of carbonyl (C=O) groups is 5. The van der Waals surface area contributed by atoms with E-state index in [9.17, 15) is 29.1 Å². The first-order valence-electron chi connectivity index (χ1n) is 22.5. The maximum absolute atomic E-state index is 14.6. The van der Waals surface area contributed by atoms with Crippen LogP contribution in [-0.4, -0.2) is 133 Å². The fraction of sp³-hybridized carbons (Fsp3) is 0.696. The normalized spacial score (nSPS) is 14.4. The van der Waals surface area contributed by atoms with E-state index < -0.39 is 42.1 Å². The molecule has 1 aromatic heterocycles. The van der Waals surface area contributed by atoms with Crippen LogP contribution in [-0.2, 0) is 25.5 Å². The first-order valence-corrected chi connectivity index (χ1v) is 23.4. The molecule has 2 rings (SSSR count). The number of hydrogen-bond donors (Lipinski definition) is 4. The summed E-state index contributed by atoms with van der Waals surface area (Å²) >= 11 is 1.32. The number of hydrogen-bond acceptors (Lipinski definition) is 11. The van der Waals surface area contributed by atoms with Crippen LogP contribution in [0.4, 0.5) is 4.79 Å². The first kappa shape index (κ1) is 54.0. The van der Waals surface area contributed by atoms with Crippen LogP contribution in [0.5, 0.6) is 5.75 Å². The van der Waals surface area contributed by atoms with Crippen molar-refractivity contribution in [1.82, 2.24) is 35.6 Å². The van der Waals surface area contributed by atoms with Gasteiger partial charge in [0.2, 0.25) is 11.8 Å². The maximum atomic E-state index is 14.6. The average molecular weight is 888 g/mol. The molecule has 0 spiro atoms. The Bertz CT molecular complexity index is 1660. The summed E-state index contributed by atoms with van der Waals surface area (Å²) in [7, 11) is 5.38. The number of thiazole rings is 1. The van der Waals surface area contributed by atoms with Crippen molar-refractivity contribution in [3.05, 3.63) is 45.9 Å². The predicted molar refractivity (Wildman–Crippen MR) is 246 cm³/mol. The van der Waals surface area contributed by atoms with E-state index in [1.54, 1.807) is 50.7 Å². The third kappa shape index (κ3) is 18.3. The highest BCUT2D eigenvalue weighted by molar-refractivity contribution is 7.09. The smallest absolute Gasteiger partial charge is 0.415 e. The minimum atomic E-state index is -0.969. The number of nitrogens with one attached hydrogen (secondary N) is 3. The van der Waals surface area contributed by atoms with Crippen molar-refractivity contribution in [1.29, 1.82) is 0 Å². The average Bonchev–Trinajstić information content (AvgIpc) is 3.74. The Morgan fingerprint density at radius 2 is 1.58 bits per heavy atom. The number of aromatic nitrogens is 1. The van der Waals surface area contributed by atoms with Gasteiger partial charge >= 0.3 is 12.1 Å². The lowest BCUT2D eigenvalue weighted by molar-refractivity contribution is -0.142. The van der Waals surface area contributed by atoms with Gasteiger partial charge in [0, 0.05) is 57.2 Å². The van der Waals surface area contributed by atoms with Gasteiger partial charge in [-0.2, -0.15) is 0 Å². The number of ether oxygens (including phenoxy) is 2. The standard InChI is InChI=1S/C46H77N7O8S/c1-12-16-23-51(10)29-40(54)50-41(32(7)15-4)44(56)53(22-13-2)38(31(5)6)28-39(60-25-14-3)43-49-37(30-62-43)42(55)48-35(26-33(8)45(57)58)27-34-17-19-36(20-18-34)61-46(59)52(11)24-21-47-9/h17-20,30-33,35,38-39,41,47H,12-16,21-29H2,1-11H3,(H,48,55)(H,50,54)(H,57,58)/t32-,33-,35+,38+,39+,41-/m0/s1. The van der Waals surface area contributed by atoms with Gasteiger partial charge in [-0.3, -0.25) is 24.1 Å². The van der Waals surface area contributed by atoms with Gasteiger partial charge in [0.15, 0.2) is 0 Å². The van der Waals surface area contributed by atoms with Gasteiger partial charge in [-0.05, 0) is 82.3 Å². The fourth-order valence-electron chi connectivity index (χ4n) is 7.04. The Hall–Kier alpha value is -4.12. The van der Waals surface area contributed by atoms with E-state index in [1.165, 1.54) is 16.2 Å². The van der Waals surface area contributed by atoms with Gasteiger partial charge in [0.25, 0.3) is 5.91 Å². The van der Waals surface area contributed by atoms with Crippen LogP contribution in [0.3, 0.4) is 0 Å². The van der Waals surface area contributed by atoms with Crippen molar-refractivity contribution < 1.29 is 38.6 Å². The van der Waals surface area contributed by atoms with Crippen molar-refractivity contribution in [3.63, 3.8) is 0 Å². The lowest BCUT2D eigenvalue weighted by atomic mass is 9.92. The Morgan fingerprint density at radius 3 is 2.16 bits per heavy atom. The molecule has 0 radical (unpaired) electrons. The van der Waals surface area contributed by atoms with Crippen LogP contribution >= 0.6 is 11.3 Å². The quantitative estimate of drug-likeness (QED) is 0.0661. The molecule has 350 valence electrons. The van der Waals surface area contributed by atoms with Crippen LogP contribution in [0.25, 0.3) is 0 Å². The zero-order chi connectivity index (χ0) is 46.4. The summed E-state index contributed by atoms with van der Waals surface area (Å²) in [6.45, 7) is 19.1. The molecule has 0 unspecified atom stereocenters. The van der Waals surface area contributed by atoms with Crippen LogP contribution in [0, 0.1) is 17.8 Å². The van der Waals surface area contributed by atoms with E-state index in [0.29, 0.717) is 49.8 Å². The summed E-state index contributed by atoms with van der Waals surface area (Å²) < 4.78 is 11.9. The summed E-state index contributed by atoms with van der Waals surface area (Å²) in [6, 6.07) is 5.46. The topological polar surface area (TPSA) is 183 Å². The monoisotopic (exact) mass is 888 g/mol. The number of carbonyl (C=O) groups excluding carboxylic acids is 4. The highest BCUT2D eigenvalue weighted by Gasteiger charge is 2.37. The summed E-state index contributed by atoms with van der Waals surface area (Å²) in [6.07, 6.45) is 4.19. The van der Waals surface area contributed by atoms with E-state index in [1.807, 2.05) is 44.5 Å².